The van der Waals surface area contributed by atoms with Crippen LogP contribution in [0.3, 0.4) is 0 Å². The van der Waals surface area contributed by atoms with Crippen molar-refractivity contribution in [3.8, 4) is 0 Å². The summed E-state index contributed by atoms with van der Waals surface area (Å²) < 4.78 is 0. The lowest BCUT2D eigenvalue weighted by atomic mass is 10.2. The van der Waals surface area contributed by atoms with E-state index in [-0.39, 0.29) is 23.3 Å². The number of nitrogens with one attached hydrogen (secondary N) is 2. The van der Waals surface area contributed by atoms with Gasteiger partial charge < -0.3 is 10.6 Å². The summed E-state index contributed by atoms with van der Waals surface area (Å²) in [6.45, 7) is 0. The van der Waals surface area contributed by atoms with E-state index in [2.05, 4.69) is 10.6 Å². The summed E-state index contributed by atoms with van der Waals surface area (Å²) >= 11 is 8.97. The average Bonchev–Trinajstić information content (AvgIpc) is 2.74. The van der Waals surface area contributed by atoms with Crippen LogP contribution >= 0.6 is 35.1 Å². The molecular formula is C22H19ClN2O2S2. The Kier molecular flexibility index (Phi) is 8.04. The molecule has 0 saturated heterocycles. The minimum Gasteiger partial charge on any atom is -0.324 e. The molecule has 0 spiro atoms. The van der Waals surface area contributed by atoms with Gasteiger partial charge in [-0.25, -0.2) is 0 Å². The van der Waals surface area contributed by atoms with Gasteiger partial charge in [-0.05, 0) is 42.5 Å². The van der Waals surface area contributed by atoms with Crippen LogP contribution in [0.5, 0.6) is 0 Å². The fourth-order valence-electron chi connectivity index (χ4n) is 2.43. The van der Waals surface area contributed by atoms with E-state index >= 15 is 0 Å². The van der Waals surface area contributed by atoms with E-state index in [0.29, 0.717) is 16.4 Å². The van der Waals surface area contributed by atoms with E-state index in [1.54, 1.807) is 18.2 Å². The van der Waals surface area contributed by atoms with Crippen LogP contribution in [0.15, 0.2) is 88.7 Å². The van der Waals surface area contributed by atoms with Gasteiger partial charge in [0.25, 0.3) is 0 Å². The third-order valence-corrected chi connectivity index (χ3v) is 6.02. The molecule has 3 aromatic rings. The third-order valence-electron chi connectivity index (χ3n) is 3.76. The van der Waals surface area contributed by atoms with Gasteiger partial charge in [0, 0.05) is 14.8 Å². The molecule has 148 valence electrons. The molecule has 0 saturated carbocycles. The first-order valence-corrected chi connectivity index (χ1v) is 11.2. The molecule has 3 aromatic carbocycles. The molecule has 2 amide bonds. The number of carbonyl (C=O) groups is 2. The summed E-state index contributed by atoms with van der Waals surface area (Å²) in [5.41, 5.74) is 1.00. The summed E-state index contributed by atoms with van der Waals surface area (Å²) in [5.74, 6) is 0.197. The lowest BCUT2D eigenvalue weighted by Gasteiger charge is -2.13. The SMILES string of the molecule is O=C(CSc1ccccc1)Nc1ccc(Cl)cc1NC(=O)CSc1ccccc1. The molecule has 29 heavy (non-hydrogen) atoms. The first kappa shape index (κ1) is 21.3. The third kappa shape index (κ3) is 7.16. The van der Waals surface area contributed by atoms with Crippen molar-refractivity contribution in [1.82, 2.24) is 0 Å². The Labute approximate surface area is 183 Å². The molecule has 0 aliphatic heterocycles. The number of benzene rings is 3. The topological polar surface area (TPSA) is 58.2 Å². The molecular weight excluding hydrogens is 424 g/mol. The van der Waals surface area contributed by atoms with E-state index < -0.39 is 0 Å². The van der Waals surface area contributed by atoms with Crippen LogP contribution in [0.2, 0.25) is 5.02 Å². The van der Waals surface area contributed by atoms with E-state index in [4.69, 9.17) is 11.6 Å². The van der Waals surface area contributed by atoms with E-state index in [1.165, 1.54) is 23.5 Å². The predicted molar refractivity (Wildman–Crippen MR) is 123 cm³/mol. The molecule has 7 heteroatoms. The molecule has 0 aliphatic carbocycles. The standard InChI is InChI=1S/C22H19ClN2O2S2/c23-16-11-12-19(24-21(26)14-28-17-7-3-1-4-8-17)20(13-16)25-22(27)15-29-18-9-5-2-6-10-18/h1-13H,14-15H2,(H,24,26)(H,25,27). The molecule has 4 nitrogen and oxygen atoms in total. The lowest BCUT2D eigenvalue weighted by Crippen LogP contribution is -2.18. The van der Waals surface area contributed by atoms with Gasteiger partial charge in [0.2, 0.25) is 11.8 Å². The summed E-state index contributed by atoms with van der Waals surface area (Å²) in [6, 6.07) is 24.4. The second kappa shape index (κ2) is 11.0. The van der Waals surface area contributed by atoms with Gasteiger partial charge in [0.1, 0.15) is 0 Å². The number of hydrogen-bond donors (Lipinski definition) is 2. The van der Waals surface area contributed by atoms with Gasteiger partial charge in [-0.3, -0.25) is 9.59 Å². The van der Waals surface area contributed by atoms with Crippen LogP contribution in [-0.2, 0) is 9.59 Å². The predicted octanol–water partition coefficient (Wildman–Crippen LogP) is 5.80. The maximum absolute atomic E-state index is 12.4. The van der Waals surface area contributed by atoms with Gasteiger partial charge in [0.15, 0.2) is 0 Å². The molecule has 0 aromatic heterocycles. The Morgan fingerprint density at radius 2 is 1.17 bits per heavy atom. The Balaban J connectivity index is 1.58. The number of amides is 2. The highest BCUT2D eigenvalue weighted by molar-refractivity contribution is 8.00. The number of carbonyl (C=O) groups excluding carboxylic acids is 2. The van der Waals surface area contributed by atoms with Crippen LogP contribution in [-0.4, -0.2) is 23.3 Å². The highest BCUT2D eigenvalue weighted by Gasteiger charge is 2.11. The first-order valence-electron chi connectivity index (χ1n) is 8.85. The highest BCUT2D eigenvalue weighted by atomic mass is 35.5. The van der Waals surface area contributed by atoms with E-state index in [9.17, 15) is 9.59 Å². The van der Waals surface area contributed by atoms with Crippen molar-refractivity contribution in [3.63, 3.8) is 0 Å². The maximum Gasteiger partial charge on any atom is 0.234 e. The highest BCUT2D eigenvalue weighted by Crippen LogP contribution is 2.27. The minimum absolute atomic E-state index is 0.157. The zero-order chi connectivity index (χ0) is 20.5. The van der Waals surface area contributed by atoms with Crippen molar-refractivity contribution < 1.29 is 9.59 Å². The Hall–Kier alpha value is -2.41. The first-order chi connectivity index (χ1) is 14.1. The fourth-order valence-corrected chi connectivity index (χ4v) is 4.04. The summed E-state index contributed by atoms with van der Waals surface area (Å²) in [5, 5.41) is 6.16. The van der Waals surface area contributed by atoms with Crippen molar-refractivity contribution >= 4 is 58.3 Å². The quantitative estimate of drug-likeness (QED) is 0.433. The average molecular weight is 443 g/mol. The number of halogens is 1. The Bertz CT molecular complexity index is 969. The fraction of sp³-hybridized carbons (Fsp3) is 0.0909. The monoisotopic (exact) mass is 442 g/mol. The van der Waals surface area contributed by atoms with Crippen LogP contribution in [0.25, 0.3) is 0 Å². The molecule has 0 radical (unpaired) electrons. The molecule has 0 atom stereocenters. The number of anilines is 2. The number of rotatable bonds is 8. The minimum atomic E-state index is -0.171. The molecule has 0 fully saturated rings. The van der Waals surface area contributed by atoms with Crippen LogP contribution in [0.4, 0.5) is 11.4 Å². The second-order valence-corrected chi connectivity index (χ2v) is 8.52. The molecule has 0 bridgehead atoms. The van der Waals surface area contributed by atoms with Gasteiger partial charge in [-0.15, -0.1) is 23.5 Å². The van der Waals surface area contributed by atoms with E-state index in [0.717, 1.165) is 9.79 Å². The van der Waals surface area contributed by atoms with Crippen molar-refractivity contribution in [2.24, 2.45) is 0 Å². The van der Waals surface area contributed by atoms with Crippen LogP contribution in [0, 0.1) is 0 Å². The summed E-state index contributed by atoms with van der Waals surface area (Å²) in [7, 11) is 0. The number of thioether (sulfide) groups is 2. The summed E-state index contributed by atoms with van der Waals surface area (Å²) in [6.07, 6.45) is 0. The van der Waals surface area contributed by atoms with Crippen molar-refractivity contribution in [2.45, 2.75) is 9.79 Å². The Morgan fingerprint density at radius 3 is 1.69 bits per heavy atom. The maximum atomic E-state index is 12.4. The molecule has 2 N–H and O–H groups in total. The molecule has 0 unspecified atom stereocenters. The molecule has 0 aliphatic rings. The van der Waals surface area contributed by atoms with Crippen molar-refractivity contribution in [3.05, 3.63) is 83.9 Å². The van der Waals surface area contributed by atoms with Crippen LogP contribution in [0.1, 0.15) is 0 Å². The van der Waals surface area contributed by atoms with Gasteiger partial charge >= 0.3 is 0 Å². The van der Waals surface area contributed by atoms with Gasteiger partial charge in [-0.2, -0.15) is 0 Å². The molecule has 3 rings (SSSR count). The van der Waals surface area contributed by atoms with Gasteiger partial charge in [-0.1, -0.05) is 48.0 Å². The zero-order valence-corrected chi connectivity index (χ0v) is 17.8. The number of hydrogen-bond acceptors (Lipinski definition) is 4. The Morgan fingerprint density at radius 1 is 0.690 bits per heavy atom. The zero-order valence-electron chi connectivity index (χ0n) is 15.4. The normalized spacial score (nSPS) is 10.4. The summed E-state index contributed by atoms with van der Waals surface area (Å²) in [4.78, 5) is 26.7. The lowest BCUT2D eigenvalue weighted by molar-refractivity contribution is -0.114. The van der Waals surface area contributed by atoms with Crippen molar-refractivity contribution in [2.75, 3.05) is 22.1 Å². The van der Waals surface area contributed by atoms with Crippen LogP contribution < -0.4 is 10.6 Å². The second-order valence-electron chi connectivity index (χ2n) is 5.99. The largest absolute Gasteiger partial charge is 0.324 e. The smallest absolute Gasteiger partial charge is 0.234 e. The van der Waals surface area contributed by atoms with Gasteiger partial charge in [0.05, 0.1) is 22.9 Å². The van der Waals surface area contributed by atoms with Crippen molar-refractivity contribution in [1.29, 1.82) is 0 Å². The molecule has 0 heterocycles. The van der Waals surface area contributed by atoms with E-state index in [1.807, 2.05) is 60.7 Å².